The standard InChI is InChI=1S/C12H18N2O3/c1-13(9-16-2)12(15)14(10-17-3)11-7-5-4-6-8-11/h4-8H,9-10H2,1-3H3. The van der Waals surface area contributed by atoms with Crippen LogP contribution < -0.4 is 4.90 Å². The highest BCUT2D eigenvalue weighted by Gasteiger charge is 2.18. The van der Waals surface area contributed by atoms with Crippen molar-refractivity contribution in [3.05, 3.63) is 30.3 Å². The third-order valence-corrected chi connectivity index (χ3v) is 2.21. The zero-order valence-corrected chi connectivity index (χ0v) is 10.4. The molecule has 17 heavy (non-hydrogen) atoms. The van der Waals surface area contributed by atoms with E-state index in [-0.39, 0.29) is 19.5 Å². The molecular formula is C12H18N2O3. The molecule has 0 unspecified atom stereocenters. The molecule has 0 bridgehead atoms. The molecule has 0 atom stereocenters. The van der Waals surface area contributed by atoms with Gasteiger partial charge >= 0.3 is 6.03 Å². The maximum atomic E-state index is 12.1. The van der Waals surface area contributed by atoms with Crippen LogP contribution in [0, 0.1) is 0 Å². The number of anilines is 1. The number of amides is 2. The Morgan fingerprint density at radius 1 is 1.12 bits per heavy atom. The van der Waals surface area contributed by atoms with E-state index in [2.05, 4.69) is 0 Å². The van der Waals surface area contributed by atoms with Gasteiger partial charge < -0.3 is 14.4 Å². The minimum Gasteiger partial charge on any atom is -0.364 e. The van der Waals surface area contributed by atoms with E-state index in [1.165, 1.54) is 4.90 Å². The summed E-state index contributed by atoms with van der Waals surface area (Å²) in [6.45, 7) is 0.447. The molecule has 0 aromatic heterocycles. The second-order valence-electron chi connectivity index (χ2n) is 3.58. The molecule has 0 aliphatic rings. The van der Waals surface area contributed by atoms with Crippen LogP contribution in [-0.2, 0) is 9.47 Å². The van der Waals surface area contributed by atoms with Gasteiger partial charge in [0.15, 0.2) is 0 Å². The van der Waals surface area contributed by atoms with Crippen LogP contribution in [0.3, 0.4) is 0 Å². The molecule has 1 aromatic carbocycles. The summed E-state index contributed by atoms with van der Waals surface area (Å²) in [5.74, 6) is 0. The van der Waals surface area contributed by atoms with Gasteiger partial charge in [0, 0.05) is 27.0 Å². The smallest absolute Gasteiger partial charge is 0.327 e. The predicted octanol–water partition coefficient (Wildman–Crippen LogP) is 1.75. The molecule has 0 saturated carbocycles. The second kappa shape index (κ2) is 6.88. The highest BCUT2D eigenvalue weighted by atomic mass is 16.5. The molecule has 0 fully saturated rings. The monoisotopic (exact) mass is 238 g/mol. The molecule has 0 aliphatic carbocycles. The van der Waals surface area contributed by atoms with Crippen molar-refractivity contribution >= 4 is 11.7 Å². The van der Waals surface area contributed by atoms with Gasteiger partial charge in [-0.15, -0.1) is 0 Å². The van der Waals surface area contributed by atoms with Crippen LogP contribution in [0.1, 0.15) is 0 Å². The fourth-order valence-corrected chi connectivity index (χ4v) is 1.43. The first-order valence-corrected chi connectivity index (χ1v) is 5.26. The molecule has 5 heteroatoms. The Bertz CT molecular complexity index is 343. The lowest BCUT2D eigenvalue weighted by atomic mass is 10.3. The van der Waals surface area contributed by atoms with Crippen LogP contribution in [-0.4, -0.2) is 45.7 Å². The molecule has 94 valence electrons. The van der Waals surface area contributed by atoms with Gasteiger partial charge in [-0.25, -0.2) is 4.79 Å². The highest BCUT2D eigenvalue weighted by Crippen LogP contribution is 2.14. The Morgan fingerprint density at radius 2 is 1.71 bits per heavy atom. The van der Waals surface area contributed by atoms with Crippen molar-refractivity contribution in [2.24, 2.45) is 0 Å². The van der Waals surface area contributed by atoms with E-state index in [4.69, 9.17) is 9.47 Å². The SMILES string of the molecule is COCN(C)C(=O)N(COC)c1ccccc1. The summed E-state index contributed by atoms with van der Waals surface area (Å²) < 4.78 is 9.97. The van der Waals surface area contributed by atoms with E-state index in [0.29, 0.717) is 0 Å². The van der Waals surface area contributed by atoms with Crippen molar-refractivity contribution in [3.8, 4) is 0 Å². The van der Waals surface area contributed by atoms with E-state index < -0.39 is 0 Å². The van der Waals surface area contributed by atoms with Crippen LogP contribution in [0.2, 0.25) is 0 Å². The summed E-state index contributed by atoms with van der Waals surface area (Å²) in [4.78, 5) is 15.1. The van der Waals surface area contributed by atoms with Gasteiger partial charge in [-0.3, -0.25) is 4.90 Å². The van der Waals surface area contributed by atoms with Crippen LogP contribution in [0.15, 0.2) is 30.3 Å². The maximum Gasteiger partial charge on any atom is 0.327 e. The Kier molecular flexibility index (Phi) is 5.45. The molecule has 0 spiro atoms. The van der Waals surface area contributed by atoms with E-state index in [1.807, 2.05) is 30.3 Å². The fraction of sp³-hybridized carbons (Fsp3) is 0.417. The molecule has 1 aromatic rings. The predicted molar refractivity (Wildman–Crippen MR) is 65.8 cm³/mol. The second-order valence-corrected chi connectivity index (χ2v) is 3.58. The van der Waals surface area contributed by atoms with Crippen LogP contribution in [0.4, 0.5) is 10.5 Å². The number of rotatable bonds is 5. The molecule has 5 nitrogen and oxygen atoms in total. The van der Waals surface area contributed by atoms with Gasteiger partial charge in [0.1, 0.15) is 13.5 Å². The molecule has 0 N–H and O–H groups in total. The number of urea groups is 1. The van der Waals surface area contributed by atoms with Crippen molar-refractivity contribution in [1.29, 1.82) is 0 Å². The Morgan fingerprint density at radius 3 is 2.24 bits per heavy atom. The summed E-state index contributed by atoms with van der Waals surface area (Å²) in [7, 11) is 4.78. The van der Waals surface area contributed by atoms with Gasteiger partial charge in [-0.1, -0.05) is 18.2 Å². The first-order valence-electron chi connectivity index (χ1n) is 5.26. The lowest BCUT2D eigenvalue weighted by Crippen LogP contribution is -2.43. The quantitative estimate of drug-likeness (QED) is 0.734. The third-order valence-electron chi connectivity index (χ3n) is 2.21. The number of para-hydroxylation sites is 1. The van der Waals surface area contributed by atoms with Crippen LogP contribution in [0.5, 0.6) is 0 Å². The van der Waals surface area contributed by atoms with Crippen molar-refractivity contribution in [2.45, 2.75) is 0 Å². The van der Waals surface area contributed by atoms with E-state index >= 15 is 0 Å². The zero-order chi connectivity index (χ0) is 12.7. The lowest BCUT2D eigenvalue weighted by Gasteiger charge is -2.27. The largest absolute Gasteiger partial charge is 0.364 e. The number of benzene rings is 1. The normalized spacial score (nSPS) is 10.1. The highest BCUT2D eigenvalue weighted by molar-refractivity contribution is 5.91. The Balaban J connectivity index is 2.82. The molecule has 0 radical (unpaired) electrons. The molecule has 2 amide bonds. The topological polar surface area (TPSA) is 42.0 Å². The zero-order valence-electron chi connectivity index (χ0n) is 10.4. The first kappa shape index (κ1) is 13.5. The molecule has 0 saturated heterocycles. The number of ether oxygens (including phenoxy) is 2. The number of carbonyl (C=O) groups excluding carboxylic acids is 1. The average molecular weight is 238 g/mol. The van der Waals surface area contributed by atoms with Gasteiger partial charge in [-0.2, -0.15) is 0 Å². The molecular weight excluding hydrogens is 220 g/mol. The fourth-order valence-electron chi connectivity index (χ4n) is 1.43. The minimum absolute atomic E-state index is 0.167. The summed E-state index contributed by atoms with van der Waals surface area (Å²) in [6, 6.07) is 9.20. The van der Waals surface area contributed by atoms with E-state index in [0.717, 1.165) is 5.69 Å². The average Bonchev–Trinajstić information content (AvgIpc) is 2.36. The summed E-state index contributed by atoms with van der Waals surface area (Å²) in [5.41, 5.74) is 0.794. The van der Waals surface area contributed by atoms with Crippen molar-refractivity contribution in [3.63, 3.8) is 0 Å². The van der Waals surface area contributed by atoms with Crippen LogP contribution in [0.25, 0.3) is 0 Å². The van der Waals surface area contributed by atoms with Crippen LogP contribution >= 0.6 is 0 Å². The van der Waals surface area contributed by atoms with Gasteiger partial charge in [0.2, 0.25) is 0 Å². The number of methoxy groups -OCH3 is 2. The molecule has 0 aliphatic heterocycles. The maximum absolute atomic E-state index is 12.1. The Labute approximate surface area is 102 Å². The van der Waals surface area contributed by atoms with Gasteiger partial charge in [0.25, 0.3) is 0 Å². The lowest BCUT2D eigenvalue weighted by molar-refractivity contribution is 0.0960. The number of hydrogen-bond acceptors (Lipinski definition) is 3. The van der Waals surface area contributed by atoms with E-state index in [1.54, 1.807) is 26.2 Å². The minimum atomic E-state index is -0.167. The number of carbonyl (C=O) groups is 1. The summed E-state index contributed by atoms with van der Waals surface area (Å²) >= 11 is 0. The first-order chi connectivity index (χ1) is 8.20. The third kappa shape index (κ3) is 3.72. The molecule has 0 heterocycles. The van der Waals surface area contributed by atoms with Crippen molar-refractivity contribution in [2.75, 3.05) is 39.6 Å². The summed E-state index contributed by atoms with van der Waals surface area (Å²) in [6.07, 6.45) is 0. The molecule has 1 rings (SSSR count). The van der Waals surface area contributed by atoms with E-state index in [9.17, 15) is 4.79 Å². The number of hydrogen-bond donors (Lipinski definition) is 0. The summed E-state index contributed by atoms with van der Waals surface area (Å²) in [5, 5.41) is 0. The van der Waals surface area contributed by atoms with Gasteiger partial charge in [-0.05, 0) is 12.1 Å². The van der Waals surface area contributed by atoms with Crippen molar-refractivity contribution < 1.29 is 14.3 Å². The number of nitrogens with zero attached hydrogens (tertiary/aromatic N) is 2. The van der Waals surface area contributed by atoms with Crippen molar-refractivity contribution in [1.82, 2.24) is 4.90 Å². The Hall–Kier alpha value is -1.59. The van der Waals surface area contributed by atoms with Gasteiger partial charge in [0.05, 0.1) is 0 Å².